The average molecular weight is 227 g/mol. The number of alkyl halides is 2. The molecule has 0 aromatic heterocycles. The Labute approximate surface area is 91.3 Å². The number of halogens is 2. The van der Waals surface area contributed by atoms with Gasteiger partial charge in [-0.05, 0) is 17.2 Å². The van der Waals surface area contributed by atoms with Crippen molar-refractivity contribution >= 4 is 11.6 Å². The summed E-state index contributed by atoms with van der Waals surface area (Å²) in [7, 11) is 1.64. The lowest BCUT2D eigenvalue weighted by Crippen LogP contribution is -2.20. The average Bonchev–Trinajstić information content (AvgIpc) is 2.53. The number of rotatable bonds is 2. The van der Waals surface area contributed by atoms with E-state index in [-0.39, 0.29) is 17.9 Å². The predicted octanol–water partition coefficient (Wildman–Crippen LogP) is 1.50. The summed E-state index contributed by atoms with van der Waals surface area (Å²) in [6, 6.07) is 4.47. The molecule has 1 N–H and O–H groups in total. The second-order valence-corrected chi connectivity index (χ2v) is 3.80. The molecular weight excluding hydrogens is 216 g/mol. The monoisotopic (exact) mass is 227 g/mol. The number of carbonyl (C=O) groups is 1. The molecule has 0 spiro atoms. The molecule has 1 amide bonds. The van der Waals surface area contributed by atoms with E-state index in [1.54, 1.807) is 13.1 Å². The zero-order chi connectivity index (χ0) is 11.9. The number of hydrogen-bond acceptors (Lipinski definition) is 2. The van der Waals surface area contributed by atoms with Crippen LogP contribution in [0.25, 0.3) is 0 Å². The number of amides is 1. The molecule has 3 nitrogen and oxygen atoms in total. The maximum atomic E-state index is 12.3. The van der Waals surface area contributed by atoms with E-state index in [1.807, 2.05) is 0 Å². The molecule has 0 aliphatic carbocycles. The zero-order valence-electron chi connectivity index (χ0n) is 8.65. The van der Waals surface area contributed by atoms with Crippen LogP contribution in [0.4, 0.5) is 14.5 Å². The van der Waals surface area contributed by atoms with Gasteiger partial charge in [-0.15, -0.1) is 0 Å². The molecular formula is C11H11F2NO2. The number of aliphatic hydroxyl groups is 1. The Morgan fingerprint density at radius 3 is 2.75 bits per heavy atom. The first-order valence-electron chi connectivity index (χ1n) is 4.86. The van der Waals surface area contributed by atoms with Gasteiger partial charge in [-0.2, -0.15) is 0 Å². The summed E-state index contributed by atoms with van der Waals surface area (Å²) in [6.07, 6.45) is -4.39. The molecule has 1 aromatic rings. The predicted molar refractivity (Wildman–Crippen MR) is 54.5 cm³/mol. The van der Waals surface area contributed by atoms with Gasteiger partial charge in [0.1, 0.15) is 6.10 Å². The summed E-state index contributed by atoms with van der Waals surface area (Å²) in [5, 5.41) is 9.21. The van der Waals surface area contributed by atoms with E-state index in [2.05, 4.69) is 0 Å². The summed E-state index contributed by atoms with van der Waals surface area (Å²) in [5.74, 6) is -0.0707. The first-order chi connectivity index (χ1) is 7.50. The minimum Gasteiger partial charge on any atom is -0.382 e. The maximum Gasteiger partial charge on any atom is 0.268 e. The minimum atomic E-state index is -2.81. The van der Waals surface area contributed by atoms with Crippen LogP contribution in [0.5, 0.6) is 0 Å². The van der Waals surface area contributed by atoms with Gasteiger partial charge < -0.3 is 10.0 Å². The smallest absolute Gasteiger partial charge is 0.268 e. The first kappa shape index (κ1) is 11.0. The first-order valence-corrected chi connectivity index (χ1v) is 4.86. The number of nitrogens with zero attached hydrogens (tertiary/aromatic N) is 1. The fourth-order valence-electron chi connectivity index (χ4n) is 1.82. The fourth-order valence-corrected chi connectivity index (χ4v) is 1.82. The summed E-state index contributed by atoms with van der Waals surface area (Å²) >= 11 is 0. The molecule has 1 aliphatic rings. The third-order valence-electron chi connectivity index (χ3n) is 2.76. The van der Waals surface area contributed by atoms with Crippen LogP contribution >= 0.6 is 0 Å². The number of benzene rings is 1. The van der Waals surface area contributed by atoms with Gasteiger partial charge in [0.15, 0.2) is 0 Å². The van der Waals surface area contributed by atoms with Crippen LogP contribution in [0.2, 0.25) is 0 Å². The lowest BCUT2D eigenvalue weighted by molar-refractivity contribution is -0.117. The summed E-state index contributed by atoms with van der Waals surface area (Å²) in [5.41, 5.74) is 1.55. The molecule has 0 saturated carbocycles. The van der Waals surface area contributed by atoms with Gasteiger partial charge in [0.25, 0.3) is 6.43 Å². The molecule has 1 aliphatic heterocycles. The standard InChI is InChI=1S/C11H11F2NO2/c1-14-8-3-2-6(10(16)11(12)13)4-7(8)5-9(14)15/h2-4,10-11,16H,5H2,1H3. The van der Waals surface area contributed by atoms with Crippen molar-refractivity contribution in [2.75, 3.05) is 11.9 Å². The lowest BCUT2D eigenvalue weighted by atomic mass is 10.0. The van der Waals surface area contributed by atoms with Crippen LogP contribution in [0.3, 0.4) is 0 Å². The van der Waals surface area contributed by atoms with Crippen LogP contribution in [0.15, 0.2) is 18.2 Å². The summed E-state index contributed by atoms with van der Waals surface area (Å²) in [6.45, 7) is 0. The molecule has 1 heterocycles. The fraction of sp³-hybridized carbons (Fsp3) is 0.364. The van der Waals surface area contributed by atoms with Crippen molar-refractivity contribution in [3.63, 3.8) is 0 Å². The van der Waals surface area contributed by atoms with Crippen molar-refractivity contribution in [1.82, 2.24) is 0 Å². The Hall–Kier alpha value is -1.49. The van der Waals surface area contributed by atoms with Gasteiger partial charge in [-0.3, -0.25) is 4.79 Å². The number of anilines is 1. The third kappa shape index (κ3) is 1.67. The highest BCUT2D eigenvalue weighted by Crippen LogP contribution is 2.31. The highest BCUT2D eigenvalue weighted by Gasteiger charge is 2.26. The Kier molecular flexibility index (Phi) is 2.63. The third-order valence-corrected chi connectivity index (χ3v) is 2.76. The van der Waals surface area contributed by atoms with Gasteiger partial charge in [0.05, 0.1) is 6.42 Å². The van der Waals surface area contributed by atoms with Gasteiger partial charge >= 0.3 is 0 Å². The van der Waals surface area contributed by atoms with E-state index < -0.39 is 12.5 Å². The van der Waals surface area contributed by atoms with Crippen molar-refractivity contribution in [3.8, 4) is 0 Å². The molecule has 0 saturated heterocycles. The topological polar surface area (TPSA) is 40.5 Å². The second kappa shape index (κ2) is 3.83. The normalized spacial score (nSPS) is 16.8. The zero-order valence-corrected chi connectivity index (χ0v) is 8.65. The molecule has 86 valence electrons. The number of fused-ring (bicyclic) bond motifs is 1. The second-order valence-electron chi connectivity index (χ2n) is 3.80. The molecule has 1 aromatic carbocycles. The van der Waals surface area contributed by atoms with E-state index in [1.165, 1.54) is 17.0 Å². The quantitative estimate of drug-likeness (QED) is 0.831. The molecule has 2 rings (SSSR count). The molecule has 16 heavy (non-hydrogen) atoms. The molecule has 0 bridgehead atoms. The van der Waals surface area contributed by atoms with Gasteiger partial charge in [-0.1, -0.05) is 12.1 Å². The largest absolute Gasteiger partial charge is 0.382 e. The van der Waals surface area contributed by atoms with Gasteiger partial charge in [-0.25, -0.2) is 8.78 Å². The number of hydrogen-bond donors (Lipinski definition) is 1. The van der Waals surface area contributed by atoms with Gasteiger partial charge in [0.2, 0.25) is 5.91 Å². The maximum absolute atomic E-state index is 12.3. The van der Waals surface area contributed by atoms with E-state index in [0.29, 0.717) is 5.56 Å². The number of likely N-dealkylation sites (N-methyl/N-ethyl adjacent to an activating group) is 1. The van der Waals surface area contributed by atoms with Crippen molar-refractivity contribution in [3.05, 3.63) is 29.3 Å². The Bertz CT molecular complexity index is 434. The Morgan fingerprint density at radius 1 is 1.44 bits per heavy atom. The minimum absolute atomic E-state index is 0.0707. The van der Waals surface area contributed by atoms with Crippen molar-refractivity contribution in [2.45, 2.75) is 19.0 Å². The highest BCUT2D eigenvalue weighted by atomic mass is 19.3. The summed E-state index contributed by atoms with van der Waals surface area (Å²) < 4.78 is 24.6. The van der Waals surface area contributed by atoms with Crippen LogP contribution in [0.1, 0.15) is 17.2 Å². The molecule has 1 atom stereocenters. The van der Waals surface area contributed by atoms with Crippen molar-refractivity contribution < 1.29 is 18.7 Å². The number of aliphatic hydroxyl groups excluding tert-OH is 1. The molecule has 0 fully saturated rings. The van der Waals surface area contributed by atoms with Crippen LogP contribution in [-0.2, 0) is 11.2 Å². The Balaban J connectivity index is 2.35. The summed E-state index contributed by atoms with van der Waals surface area (Å²) in [4.78, 5) is 12.8. The van der Waals surface area contributed by atoms with Crippen LogP contribution in [-0.4, -0.2) is 24.5 Å². The molecule has 5 heteroatoms. The van der Waals surface area contributed by atoms with E-state index in [0.717, 1.165) is 5.69 Å². The molecule has 1 unspecified atom stereocenters. The van der Waals surface area contributed by atoms with Gasteiger partial charge in [0, 0.05) is 12.7 Å². The number of carbonyl (C=O) groups excluding carboxylic acids is 1. The Morgan fingerprint density at radius 2 is 2.12 bits per heavy atom. The van der Waals surface area contributed by atoms with Crippen molar-refractivity contribution in [1.29, 1.82) is 0 Å². The van der Waals surface area contributed by atoms with E-state index >= 15 is 0 Å². The van der Waals surface area contributed by atoms with E-state index in [9.17, 15) is 18.7 Å². The van der Waals surface area contributed by atoms with E-state index in [4.69, 9.17) is 0 Å². The van der Waals surface area contributed by atoms with Crippen LogP contribution < -0.4 is 4.90 Å². The lowest BCUT2D eigenvalue weighted by Gasteiger charge is -2.13. The van der Waals surface area contributed by atoms with Crippen LogP contribution in [0, 0.1) is 0 Å². The highest BCUT2D eigenvalue weighted by molar-refractivity contribution is 6.00. The SMILES string of the molecule is CN1C(=O)Cc2cc(C(O)C(F)F)ccc21. The van der Waals surface area contributed by atoms with Crippen molar-refractivity contribution in [2.24, 2.45) is 0 Å². The molecule has 0 radical (unpaired) electrons.